The molecule has 6 nitrogen and oxygen atoms in total. The fourth-order valence-electron chi connectivity index (χ4n) is 3.98. The van der Waals surface area contributed by atoms with Crippen LogP contribution in [-0.4, -0.2) is 41.4 Å². The van der Waals surface area contributed by atoms with E-state index in [1.54, 1.807) is 7.11 Å². The number of hydrogen-bond acceptors (Lipinski definition) is 6. The number of aromatic nitrogens is 2. The number of methoxy groups -OCH3 is 1. The molecule has 0 saturated carbocycles. The van der Waals surface area contributed by atoms with E-state index in [-0.39, 0.29) is 0 Å². The molecule has 3 heterocycles. The minimum absolute atomic E-state index is 0.291. The number of benzene rings is 1. The minimum Gasteiger partial charge on any atom is -0.497 e. The first-order chi connectivity index (χ1) is 14.2. The van der Waals surface area contributed by atoms with Crippen molar-refractivity contribution in [3.8, 4) is 5.75 Å². The molecule has 1 saturated heterocycles. The lowest BCUT2D eigenvalue weighted by Gasteiger charge is -2.32. The highest BCUT2D eigenvalue weighted by atomic mass is 16.5. The lowest BCUT2D eigenvalue weighted by Crippen LogP contribution is -2.40. The van der Waals surface area contributed by atoms with Gasteiger partial charge in [0.15, 0.2) is 0 Å². The van der Waals surface area contributed by atoms with Gasteiger partial charge in [0, 0.05) is 49.9 Å². The second kappa shape index (κ2) is 9.20. The molecule has 29 heavy (non-hydrogen) atoms. The van der Waals surface area contributed by atoms with Crippen LogP contribution in [0.25, 0.3) is 0 Å². The number of ether oxygens (including phenoxy) is 2. The molecule has 6 heteroatoms. The second-order valence-corrected chi connectivity index (χ2v) is 7.62. The molecule has 0 unspecified atom stereocenters. The van der Waals surface area contributed by atoms with Gasteiger partial charge in [0.1, 0.15) is 11.5 Å². The van der Waals surface area contributed by atoms with Crippen molar-refractivity contribution in [2.24, 2.45) is 5.92 Å². The number of pyridine rings is 1. The summed E-state index contributed by atoms with van der Waals surface area (Å²) in [6, 6.07) is 14.7. The van der Waals surface area contributed by atoms with Gasteiger partial charge in [-0.05, 0) is 42.3 Å². The Morgan fingerprint density at radius 3 is 2.66 bits per heavy atom. The molecule has 1 aromatic carbocycles. The molecule has 1 fully saturated rings. The van der Waals surface area contributed by atoms with Gasteiger partial charge in [-0.25, -0.2) is 0 Å². The summed E-state index contributed by atoms with van der Waals surface area (Å²) < 4.78 is 16.8. The Balaban J connectivity index is 1.56. The van der Waals surface area contributed by atoms with Crippen molar-refractivity contribution >= 4 is 0 Å². The van der Waals surface area contributed by atoms with Crippen molar-refractivity contribution in [3.63, 3.8) is 0 Å². The van der Waals surface area contributed by atoms with Crippen LogP contribution in [0.3, 0.4) is 0 Å². The zero-order chi connectivity index (χ0) is 20.1. The second-order valence-electron chi connectivity index (χ2n) is 7.62. The van der Waals surface area contributed by atoms with Gasteiger partial charge < -0.3 is 14.0 Å². The monoisotopic (exact) mass is 393 g/mol. The SMILES string of the molecule is COc1cccc(CN(Cc2ccncc2)[C@@H]2COC[C@H]2Cc2cc(C)no2)c1. The lowest BCUT2D eigenvalue weighted by atomic mass is 9.95. The van der Waals surface area contributed by atoms with Crippen molar-refractivity contribution in [2.75, 3.05) is 20.3 Å². The summed E-state index contributed by atoms with van der Waals surface area (Å²) >= 11 is 0. The summed E-state index contributed by atoms with van der Waals surface area (Å²) in [6.07, 6.45) is 4.52. The molecule has 3 aromatic rings. The van der Waals surface area contributed by atoms with Crippen LogP contribution >= 0.6 is 0 Å². The van der Waals surface area contributed by atoms with E-state index in [9.17, 15) is 0 Å². The van der Waals surface area contributed by atoms with Crippen LogP contribution in [0.15, 0.2) is 59.4 Å². The van der Waals surface area contributed by atoms with Gasteiger partial charge in [-0.15, -0.1) is 0 Å². The lowest BCUT2D eigenvalue weighted by molar-refractivity contribution is 0.127. The van der Waals surface area contributed by atoms with Gasteiger partial charge >= 0.3 is 0 Å². The largest absolute Gasteiger partial charge is 0.497 e. The predicted molar refractivity (Wildman–Crippen MR) is 110 cm³/mol. The predicted octanol–water partition coefficient (Wildman–Crippen LogP) is 3.65. The molecule has 0 bridgehead atoms. The maximum Gasteiger partial charge on any atom is 0.137 e. The Labute approximate surface area is 171 Å². The quantitative estimate of drug-likeness (QED) is 0.582. The third kappa shape index (κ3) is 5.02. The smallest absolute Gasteiger partial charge is 0.137 e. The average molecular weight is 393 g/mol. The van der Waals surface area contributed by atoms with Crippen molar-refractivity contribution in [1.82, 2.24) is 15.0 Å². The van der Waals surface area contributed by atoms with E-state index in [0.29, 0.717) is 18.6 Å². The van der Waals surface area contributed by atoms with Crippen molar-refractivity contribution in [3.05, 3.63) is 77.4 Å². The molecule has 152 valence electrons. The van der Waals surface area contributed by atoms with E-state index in [1.165, 1.54) is 11.1 Å². The summed E-state index contributed by atoms with van der Waals surface area (Å²) in [5, 5.41) is 4.03. The fraction of sp³-hybridized carbons (Fsp3) is 0.391. The number of aryl methyl sites for hydroxylation is 1. The van der Waals surface area contributed by atoms with Crippen LogP contribution in [0.5, 0.6) is 5.75 Å². The molecule has 0 N–H and O–H groups in total. The molecule has 1 aliphatic heterocycles. The summed E-state index contributed by atoms with van der Waals surface area (Å²) in [6.45, 7) is 5.05. The van der Waals surface area contributed by atoms with Gasteiger partial charge in [0.25, 0.3) is 0 Å². The van der Waals surface area contributed by atoms with E-state index in [0.717, 1.165) is 43.3 Å². The summed E-state index contributed by atoms with van der Waals surface area (Å²) in [4.78, 5) is 6.64. The molecule has 0 spiro atoms. The van der Waals surface area contributed by atoms with Gasteiger partial charge in [-0.1, -0.05) is 17.3 Å². The third-order valence-electron chi connectivity index (χ3n) is 5.43. The highest BCUT2D eigenvalue weighted by Gasteiger charge is 2.34. The first-order valence-electron chi connectivity index (χ1n) is 9.97. The molecule has 4 rings (SSSR count). The Kier molecular flexibility index (Phi) is 6.22. The van der Waals surface area contributed by atoms with Gasteiger partial charge in [-0.3, -0.25) is 9.88 Å². The summed E-state index contributed by atoms with van der Waals surface area (Å²) in [7, 11) is 1.70. The maximum atomic E-state index is 5.91. The number of rotatable bonds is 8. The molecular weight excluding hydrogens is 366 g/mol. The molecule has 1 aliphatic rings. The normalized spacial score (nSPS) is 19.0. The van der Waals surface area contributed by atoms with Crippen LogP contribution in [0.4, 0.5) is 0 Å². The Bertz CT molecular complexity index is 912. The van der Waals surface area contributed by atoms with E-state index in [1.807, 2.05) is 37.5 Å². The Morgan fingerprint density at radius 1 is 1.07 bits per heavy atom. The average Bonchev–Trinajstić information content (AvgIpc) is 3.37. The number of hydrogen-bond donors (Lipinski definition) is 0. The highest BCUT2D eigenvalue weighted by Crippen LogP contribution is 2.27. The van der Waals surface area contributed by atoms with Gasteiger partial charge in [0.05, 0.1) is 26.0 Å². The summed E-state index contributed by atoms with van der Waals surface area (Å²) in [5.41, 5.74) is 3.38. The van der Waals surface area contributed by atoms with Crippen LogP contribution in [0, 0.1) is 12.8 Å². The molecule has 2 atom stereocenters. The highest BCUT2D eigenvalue weighted by molar-refractivity contribution is 5.28. The van der Waals surface area contributed by atoms with Crippen LogP contribution < -0.4 is 4.74 Å². The minimum atomic E-state index is 0.291. The van der Waals surface area contributed by atoms with E-state index < -0.39 is 0 Å². The molecule has 0 amide bonds. The van der Waals surface area contributed by atoms with Crippen LogP contribution in [-0.2, 0) is 24.2 Å². The Hall–Kier alpha value is -2.70. The topological polar surface area (TPSA) is 60.6 Å². The molecule has 2 aromatic heterocycles. The van der Waals surface area contributed by atoms with Crippen LogP contribution in [0.1, 0.15) is 22.6 Å². The molecular formula is C23H27N3O3. The zero-order valence-electron chi connectivity index (χ0n) is 17.0. The van der Waals surface area contributed by atoms with E-state index >= 15 is 0 Å². The zero-order valence-corrected chi connectivity index (χ0v) is 17.0. The summed E-state index contributed by atoms with van der Waals surface area (Å²) in [5.74, 6) is 2.16. The fourth-order valence-corrected chi connectivity index (χ4v) is 3.98. The first kappa shape index (κ1) is 19.6. The van der Waals surface area contributed by atoms with Crippen molar-refractivity contribution in [1.29, 1.82) is 0 Å². The first-order valence-corrected chi connectivity index (χ1v) is 9.97. The van der Waals surface area contributed by atoms with Gasteiger partial charge in [0.2, 0.25) is 0 Å². The maximum absolute atomic E-state index is 5.91. The molecule has 0 radical (unpaired) electrons. The Morgan fingerprint density at radius 2 is 1.90 bits per heavy atom. The van der Waals surface area contributed by atoms with Crippen LogP contribution in [0.2, 0.25) is 0 Å². The van der Waals surface area contributed by atoms with Gasteiger partial charge in [-0.2, -0.15) is 0 Å². The van der Waals surface area contributed by atoms with Crippen molar-refractivity contribution in [2.45, 2.75) is 32.5 Å². The third-order valence-corrected chi connectivity index (χ3v) is 5.43. The standard InChI is InChI=1S/C23H27N3O3/c1-17-10-22(29-25-17)12-20-15-28-16-23(20)26(13-18-6-8-24-9-7-18)14-19-4-3-5-21(11-19)27-2/h3-11,20,23H,12-16H2,1-2H3/t20-,23-/m1/s1. The number of nitrogens with zero attached hydrogens (tertiary/aromatic N) is 3. The van der Waals surface area contributed by atoms with Crippen molar-refractivity contribution < 1.29 is 14.0 Å². The molecule has 0 aliphatic carbocycles. The van der Waals surface area contributed by atoms with E-state index in [4.69, 9.17) is 14.0 Å². The van der Waals surface area contributed by atoms with E-state index in [2.05, 4.69) is 39.3 Å².